The van der Waals surface area contributed by atoms with Crippen LogP contribution in [0, 0.1) is 0 Å². The van der Waals surface area contributed by atoms with E-state index in [4.69, 9.17) is 5.90 Å². The lowest BCUT2D eigenvalue weighted by Crippen LogP contribution is -2.00. The Bertz CT molecular complexity index is 141. The summed E-state index contributed by atoms with van der Waals surface area (Å²) in [6, 6.07) is 0. The standard InChI is InChI=1S/C2H5N5O.ClH/c3-8-1-2-4-6-7-5-2;/h1,3H2,(H,4,5,6,7);1H. The van der Waals surface area contributed by atoms with Crippen molar-refractivity contribution in [3.05, 3.63) is 5.82 Å². The maximum Gasteiger partial charge on any atom is 0.176 e. The second kappa shape index (κ2) is 4.19. The highest BCUT2D eigenvalue weighted by Gasteiger charge is 1.91. The molecule has 0 amide bonds. The molecule has 0 aliphatic rings. The van der Waals surface area contributed by atoms with E-state index >= 15 is 0 Å². The Morgan fingerprint density at radius 3 is 2.89 bits per heavy atom. The summed E-state index contributed by atoms with van der Waals surface area (Å²) >= 11 is 0. The zero-order valence-corrected chi connectivity index (χ0v) is 5.26. The minimum atomic E-state index is 0. The average Bonchev–Trinajstić information content (AvgIpc) is 2.19. The third-order valence-corrected chi connectivity index (χ3v) is 0.609. The highest BCUT2D eigenvalue weighted by atomic mass is 35.5. The van der Waals surface area contributed by atoms with Crippen LogP contribution in [0.4, 0.5) is 0 Å². The van der Waals surface area contributed by atoms with Gasteiger partial charge < -0.3 is 0 Å². The van der Waals surface area contributed by atoms with Crippen molar-refractivity contribution in [1.82, 2.24) is 20.6 Å². The van der Waals surface area contributed by atoms with Crippen LogP contribution in [0.3, 0.4) is 0 Å². The number of hydrogen-bond acceptors (Lipinski definition) is 5. The van der Waals surface area contributed by atoms with Crippen LogP contribution in [0.2, 0.25) is 0 Å². The topological polar surface area (TPSA) is 89.7 Å². The van der Waals surface area contributed by atoms with E-state index in [1.807, 2.05) is 0 Å². The zero-order valence-electron chi connectivity index (χ0n) is 4.44. The summed E-state index contributed by atoms with van der Waals surface area (Å²) in [7, 11) is 0. The number of aromatic amines is 1. The third-order valence-electron chi connectivity index (χ3n) is 0.609. The molecule has 6 nitrogen and oxygen atoms in total. The van der Waals surface area contributed by atoms with Gasteiger partial charge in [0.1, 0.15) is 6.61 Å². The lowest BCUT2D eigenvalue weighted by Gasteiger charge is -1.85. The fraction of sp³-hybridized carbons (Fsp3) is 0.500. The first-order valence-corrected chi connectivity index (χ1v) is 1.98. The first kappa shape index (κ1) is 8.28. The second-order valence-electron chi connectivity index (χ2n) is 1.16. The normalized spacial score (nSPS) is 8.56. The van der Waals surface area contributed by atoms with Crippen molar-refractivity contribution in [3.8, 4) is 0 Å². The summed E-state index contributed by atoms with van der Waals surface area (Å²) in [6.45, 7) is 0.215. The van der Waals surface area contributed by atoms with Crippen LogP contribution in [-0.2, 0) is 11.4 Å². The van der Waals surface area contributed by atoms with Crippen LogP contribution in [0.5, 0.6) is 0 Å². The van der Waals surface area contributed by atoms with Gasteiger partial charge in [0.15, 0.2) is 5.82 Å². The van der Waals surface area contributed by atoms with Crippen molar-refractivity contribution in [2.24, 2.45) is 5.90 Å². The first-order chi connectivity index (χ1) is 3.93. The van der Waals surface area contributed by atoms with Crippen LogP contribution in [-0.4, -0.2) is 20.6 Å². The molecule has 1 aromatic rings. The minimum absolute atomic E-state index is 0. The Morgan fingerprint density at radius 2 is 2.44 bits per heavy atom. The summed E-state index contributed by atoms with van der Waals surface area (Å²) in [5.41, 5.74) is 0. The van der Waals surface area contributed by atoms with Crippen LogP contribution in [0.1, 0.15) is 5.82 Å². The monoisotopic (exact) mass is 151 g/mol. The molecular weight excluding hydrogens is 146 g/mol. The molecule has 1 heterocycles. The van der Waals surface area contributed by atoms with Crippen LogP contribution < -0.4 is 5.90 Å². The Labute approximate surface area is 57.1 Å². The lowest BCUT2D eigenvalue weighted by molar-refractivity contribution is 0.118. The second-order valence-corrected chi connectivity index (χ2v) is 1.16. The number of tetrazole rings is 1. The van der Waals surface area contributed by atoms with Gasteiger partial charge in [0.25, 0.3) is 0 Å². The fourth-order valence-corrected chi connectivity index (χ4v) is 0.319. The van der Waals surface area contributed by atoms with Gasteiger partial charge in [-0.25, -0.2) is 11.0 Å². The fourth-order valence-electron chi connectivity index (χ4n) is 0.319. The summed E-state index contributed by atoms with van der Waals surface area (Å²) in [6.07, 6.45) is 0. The highest BCUT2D eigenvalue weighted by Crippen LogP contribution is 1.80. The summed E-state index contributed by atoms with van der Waals surface area (Å²) < 4.78 is 0. The smallest absolute Gasteiger partial charge is 0.176 e. The number of halogens is 1. The van der Waals surface area contributed by atoms with E-state index in [0.29, 0.717) is 5.82 Å². The third kappa shape index (κ3) is 2.36. The Kier molecular flexibility index (Phi) is 3.85. The molecule has 9 heavy (non-hydrogen) atoms. The first-order valence-electron chi connectivity index (χ1n) is 1.98. The zero-order chi connectivity index (χ0) is 5.82. The molecule has 0 atom stereocenters. The molecule has 1 rings (SSSR count). The molecule has 7 heteroatoms. The van der Waals surface area contributed by atoms with E-state index in [2.05, 4.69) is 25.5 Å². The maximum absolute atomic E-state index is 4.70. The van der Waals surface area contributed by atoms with E-state index in [-0.39, 0.29) is 19.0 Å². The van der Waals surface area contributed by atoms with Gasteiger partial charge in [0, 0.05) is 0 Å². The molecule has 0 aromatic carbocycles. The number of hydrogen-bond donors (Lipinski definition) is 2. The van der Waals surface area contributed by atoms with Gasteiger partial charge in [0.2, 0.25) is 0 Å². The molecule has 0 fully saturated rings. The van der Waals surface area contributed by atoms with Gasteiger partial charge in [-0.05, 0) is 10.4 Å². The summed E-state index contributed by atoms with van der Waals surface area (Å²) in [5, 5.41) is 12.5. The molecular formula is C2H6ClN5O. The van der Waals surface area contributed by atoms with E-state index < -0.39 is 0 Å². The van der Waals surface area contributed by atoms with E-state index in [0.717, 1.165) is 0 Å². The lowest BCUT2D eigenvalue weighted by atomic mass is 10.7. The van der Waals surface area contributed by atoms with Crippen molar-refractivity contribution < 1.29 is 4.84 Å². The van der Waals surface area contributed by atoms with Gasteiger partial charge in [-0.2, -0.15) is 0 Å². The van der Waals surface area contributed by atoms with E-state index in [9.17, 15) is 0 Å². The molecule has 3 N–H and O–H groups in total. The number of aromatic nitrogens is 4. The number of H-pyrrole nitrogens is 1. The van der Waals surface area contributed by atoms with Crippen LogP contribution in [0.15, 0.2) is 0 Å². The Balaban J connectivity index is 0.000000640. The van der Waals surface area contributed by atoms with Gasteiger partial charge in [-0.1, -0.05) is 0 Å². The molecule has 0 aliphatic carbocycles. The highest BCUT2D eigenvalue weighted by molar-refractivity contribution is 5.85. The minimum Gasteiger partial charge on any atom is -0.296 e. The molecule has 0 radical (unpaired) electrons. The molecule has 0 spiro atoms. The Hall–Kier alpha value is -0.720. The maximum atomic E-state index is 4.70. The Morgan fingerprint density at radius 1 is 1.67 bits per heavy atom. The average molecular weight is 152 g/mol. The number of nitrogens with zero attached hydrogens (tertiary/aromatic N) is 3. The molecule has 0 unspecified atom stereocenters. The molecule has 0 saturated carbocycles. The van der Waals surface area contributed by atoms with Gasteiger partial charge in [-0.3, -0.25) is 4.84 Å². The van der Waals surface area contributed by atoms with Crippen LogP contribution >= 0.6 is 12.4 Å². The summed E-state index contributed by atoms with van der Waals surface area (Å²) in [5.74, 6) is 5.22. The van der Waals surface area contributed by atoms with E-state index in [1.165, 1.54) is 0 Å². The van der Waals surface area contributed by atoms with Crippen molar-refractivity contribution in [2.75, 3.05) is 0 Å². The van der Waals surface area contributed by atoms with Crippen molar-refractivity contribution in [1.29, 1.82) is 0 Å². The SMILES string of the molecule is Cl.NOCc1nnn[nH]1. The predicted octanol–water partition coefficient (Wildman–Crippen LogP) is -0.988. The molecule has 1 aromatic heterocycles. The number of rotatable bonds is 2. The number of nitrogens with two attached hydrogens (primary N) is 1. The van der Waals surface area contributed by atoms with Crippen molar-refractivity contribution in [3.63, 3.8) is 0 Å². The van der Waals surface area contributed by atoms with E-state index in [1.54, 1.807) is 0 Å². The largest absolute Gasteiger partial charge is 0.296 e. The molecule has 52 valence electrons. The molecule has 0 bridgehead atoms. The predicted molar refractivity (Wildman–Crippen MR) is 30.4 cm³/mol. The van der Waals surface area contributed by atoms with Crippen molar-refractivity contribution in [2.45, 2.75) is 6.61 Å². The van der Waals surface area contributed by atoms with Crippen molar-refractivity contribution >= 4 is 12.4 Å². The van der Waals surface area contributed by atoms with Gasteiger partial charge in [0.05, 0.1) is 0 Å². The number of nitrogens with one attached hydrogen (secondary N) is 1. The molecule has 0 saturated heterocycles. The van der Waals surface area contributed by atoms with Gasteiger partial charge in [-0.15, -0.1) is 17.5 Å². The molecule has 0 aliphatic heterocycles. The quantitative estimate of drug-likeness (QED) is 0.530. The van der Waals surface area contributed by atoms with Gasteiger partial charge >= 0.3 is 0 Å². The van der Waals surface area contributed by atoms with Crippen LogP contribution in [0.25, 0.3) is 0 Å². The summed E-state index contributed by atoms with van der Waals surface area (Å²) in [4.78, 5) is 4.21.